The van der Waals surface area contributed by atoms with Gasteiger partial charge in [-0.1, -0.05) is 28.1 Å². The van der Waals surface area contributed by atoms with Crippen LogP contribution in [-0.2, 0) is 10.3 Å². The summed E-state index contributed by atoms with van der Waals surface area (Å²) >= 11 is 5.05. The number of nitrogens with one attached hydrogen (secondary N) is 1. The quantitative estimate of drug-likeness (QED) is 0.674. The lowest BCUT2D eigenvalue weighted by atomic mass is 9.92. The maximum Gasteiger partial charge on any atom is 0.244 e. The molecule has 8 heteroatoms. The van der Waals surface area contributed by atoms with Gasteiger partial charge in [-0.2, -0.15) is 11.3 Å². The monoisotopic (exact) mass is 467 g/mol. The number of hydrogen-bond donors (Lipinski definition) is 2. The molecule has 0 saturated heterocycles. The van der Waals surface area contributed by atoms with Gasteiger partial charge in [0.15, 0.2) is 0 Å². The van der Waals surface area contributed by atoms with E-state index in [1.165, 1.54) is 5.56 Å². The predicted octanol–water partition coefficient (Wildman–Crippen LogP) is 3.95. The number of hydrogen-bond acceptors (Lipinski definition) is 4. The lowest BCUT2D eigenvalue weighted by molar-refractivity contribution is -0.126. The molecule has 0 aliphatic carbocycles. The van der Waals surface area contributed by atoms with Crippen LogP contribution in [0.2, 0.25) is 0 Å². The molecule has 1 aromatic heterocycles. The van der Waals surface area contributed by atoms with Gasteiger partial charge >= 0.3 is 0 Å². The summed E-state index contributed by atoms with van der Waals surface area (Å²) in [5.74, 6) is -0.179. The van der Waals surface area contributed by atoms with E-state index in [9.17, 15) is 4.79 Å². The summed E-state index contributed by atoms with van der Waals surface area (Å²) in [6, 6.07) is 9.73. The van der Waals surface area contributed by atoms with Crippen LogP contribution in [0.4, 0.5) is 0 Å². The Hall–Kier alpha value is -0.630. The number of halogens is 3. The Bertz CT molecular complexity index is 648. The molecule has 25 heavy (non-hydrogen) atoms. The molecule has 0 fully saturated rings. The fourth-order valence-corrected chi connectivity index (χ4v) is 3.33. The molecule has 2 aromatic rings. The van der Waals surface area contributed by atoms with Crippen LogP contribution in [0.15, 0.2) is 45.6 Å². The minimum atomic E-state index is -1.06. The van der Waals surface area contributed by atoms with Gasteiger partial charge in [-0.05, 0) is 61.1 Å². The Kier molecular flexibility index (Phi) is 10.2. The Balaban J connectivity index is 0.00000288. The number of carbonyl (C=O) groups is 1. The molecule has 0 aliphatic heterocycles. The SMILES string of the molecule is CN(C)C(CNC(=O)C(C)(N)c1ccc(Br)cc1)c1ccsc1.Cl.Cl. The molecule has 0 radical (unpaired) electrons. The van der Waals surface area contributed by atoms with E-state index in [2.05, 4.69) is 37.6 Å². The lowest BCUT2D eigenvalue weighted by Crippen LogP contribution is -2.50. The van der Waals surface area contributed by atoms with Gasteiger partial charge in [0.2, 0.25) is 5.91 Å². The van der Waals surface area contributed by atoms with Crippen molar-refractivity contribution in [2.24, 2.45) is 5.73 Å². The molecule has 3 N–H and O–H groups in total. The van der Waals surface area contributed by atoms with Crippen LogP contribution >= 0.6 is 52.1 Å². The first-order valence-corrected chi connectivity index (χ1v) is 9.07. The first-order valence-electron chi connectivity index (χ1n) is 7.34. The van der Waals surface area contributed by atoms with Gasteiger partial charge in [-0.15, -0.1) is 24.8 Å². The van der Waals surface area contributed by atoms with Crippen molar-refractivity contribution in [3.05, 3.63) is 56.7 Å². The Morgan fingerprint density at radius 2 is 1.88 bits per heavy atom. The Labute approximate surface area is 174 Å². The van der Waals surface area contributed by atoms with E-state index >= 15 is 0 Å². The second-order valence-corrected chi connectivity index (χ2v) is 7.65. The van der Waals surface area contributed by atoms with Crippen LogP contribution in [0.5, 0.6) is 0 Å². The molecule has 2 rings (SSSR count). The number of benzene rings is 1. The lowest BCUT2D eigenvalue weighted by Gasteiger charge is -2.28. The van der Waals surface area contributed by atoms with Gasteiger partial charge in [-0.25, -0.2) is 0 Å². The molecule has 4 nitrogen and oxygen atoms in total. The van der Waals surface area contributed by atoms with E-state index in [1.807, 2.05) is 43.7 Å². The molecule has 1 heterocycles. The van der Waals surface area contributed by atoms with Crippen LogP contribution in [0, 0.1) is 0 Å². The molecule has 0 aliphatic rings. The van der Waals surface area contributed by atoms with Gasteiger partial charge in [0, 0.05) is 11.0 Å². The van der Waals surface area contributed by atoms with Gasteiger partial charge < -0.3 is 16.0 Å². The van der Waals surface area contributed by atoms with Crippen molar-refractivity contribution in [1.82, 2.24) is 10.2 Å². The highest BCUT2D eigenvalue weighted by molar-refractivity contribution is 9.10. The third kappa shape index (κ3) is 6.24. The summed E-state index contributed by atoms with van der Waals surface area (Å²) in [5, 5.41) is 7.14. The van der Waals surface area contributed by atoms with Crippen molar-refractivity contribution in [3.8, 4) is 0 Å². The number of nitrogens with two attached hydrogens (primary N) is 1. The first-order chi connectivity index (χ1) is 10.8. The van der Waals surface area contributed by atoms with Crippen LogP contribution < -0.4 is 11.1 Å². The summed E-state index contributed by atoms with van der Waals surface area (Å²) in [5.41, 5.74) is 7.19. The normalized spacial score (nSPS) is 14.0. The van der Waals surface area contributed by atoms with Crippen LogP contribution in [0.25, 0.3) is 0 Å². The van der Waals surface area contributed by atoms with E-state index < -0.39 is 5.54 Å². The fraction of sp³-hybridized carbons (Fsp3) is 0.353. The summed E-state index contributed by atoms with van der Waals surface area (Å²) < 4.78 is 0.961. The molecule has 0 bridgehead atoms. The van der Waals surface area contributed by atoms with E-state index in [-0.39, 0.29) is 36.8 Å². The second-order valence-electron chi connectivity index (χ2n) is 5.96. The number of carbonyl (C=O) groups excluding carboxylic acids is 1. The van der Waals surface area contributed by atoms with Crippen LogP contribution in [0.1, 0.15) is 24.1 Å². The molecule has 0 saturated carbocycles. The van der Waals surface area contributed by atoms with Crippen molar-refractivity contribution >= 4 is 58.0 Å². The maximum absolute atomic E-state index is 12.6. The highest BCUT2D eigenvalue weighted by Gasteiger charge is 2.31. The first kappa shape index (κ1) is 24.4. The number of nitrogens with zero attached hydrogens (tertiary/aromatic N) is 1. The van der Waals surface area contributed by atoms with E-state index in [4.69, 9.17) is 5.73 Å². The van der Waals surface area contributed by atoms with Crippen LogP contribution in [0.3, 0.4) is 0 Å². The number of thiophene rings is 1. The molecule has 0 spiro atoms. The molecule has 140 valence electrons. The average molecular weight is 469 g/mol. The molecule has 2 atom stereocenters. The fourth-order valence-electron chi connectivity index (χ4n) is 2.36. The number of amides is 1. The van der Waals surface area contributed by atoms with Crippen molar-refractivity contribution in [2.45, 2.75) is 18.5 Å². The predicted molar refractivity (Wildman–Crippen MR) is 114 cm³/mol. The Morgan fingerprint density at radius 1 is 1.28 bits per heavy atom. The minimum absolute atomic E-state index is 0. The molecular weight excluding hydrogens is 445 g/mol. The van der Waals surface area contributed by atoms with Gasteiger partial charge in [0.25, 0.3) is 0 Å². The highest BCUT2D eigenvalue weighted by Crippen LogP contribution is 2.23. The van der Waals surface area contributed by atoms with Crippen molar-refractivity contribution in [2.75, 3.05) is 20.6 Å². The van der Waals surface area contributed by atoms with Gasteiger partial charge in [-0.3, -0.25) is 4.79 Å². The number of rotatable bonds is 6. The zero-order valence-corrected chi connectivity index (χ0v) is 18.4. The topological polar surface area (TPSA) is 58.4 Å². The van der Waals surface area contributed by atoms with E-state index in [0.717, 1.165) is 10.0 Å². The van der Waals surface area contributed by atoms with E-state index in [1.54, 1.807) is 18.3 Å². The van der Waals surface area contributed by atoms with Crippen molar-refractivity contribution in [1.29, 1.82) is 0 Å². The summed E-state index contributed by atoms with van der Waals surface area (Å²) in [4.78, 5) is 14.7. The largest absolute Gasteiger partial charge is 0.352 e. The van der Waals surface area contributed by atoms with Gasteiger partial charge in [0.05, 0.1) is 6.04 Å². The Morgan fingerprint density at radius 3 is 2.36 bits per heavy atom. The van der Waals surface area contributed by atoms with Crippen molar-refractivity contribution in [3.63, 3.8) is 0 Å². The van der Waals surface area contributed by atoms with Gasteiger partial charge in [0.1, 0.15) is 5.54 Å². The standard InChI is InChI=1S/C17H22BrN3OS.2ClH/c1-17(19,13-4-6-14(18)7-5-13)16(22)20-10-15(21(2)3)12-8-9-23-11-12;;/h4-9,11,15H,10,19H2,1-3H3,(H,20,22);2*1H. The third-order valence-corrected chi connectivity index (χ3v) is 5.15. The zero-order chi connectivity index (χ0) is 17.0. The summed E-state index contributed by atoms with van der Waals surface area (Å²) in [6.45, 7) is 2.26. The number of likely N-dealkylation sites (N-methyl/N-ethyl adjacent to an activating group) is 1. The highest BCUT2D eigenvalue weighted by atomic mass is 79.9. The molecular formula is C17H24BrCl2N3OS. The van der Waals surface area contributed by atoms with Crippen LogP contribution in [-0.4, -0.2) is 31.4 Å². The molecule has 1 amide bonds. The molecule has 1 aromatic carbocycles. The smallest absolute Gasteiger partial charge is 0.244 e. The summed E-state index contributed by atoms with van der Waals surface area (Å²) in [7, 11) is 4.01. The summed E-state index contributed by atoms with van der Waals surface area (Å²) in [6.07, 6.45) is 0. The zero-order valence-electron chi connectivity index (χ0n) is 14.4. The van der Waals surface area contributed by atoms with E-state index in [0.29, 0.717) is 6.54 Å². The molecule has 2 unspecified atom stereocenters. The second kappa shape index (κ2) is 10.5. The van der Waals surface area contributed by atoms with Crippen molar-refractivity contribution < 1.29 is 4.79 Å². The maximum atomic E-state index is 12.6. The third-order valence-electron chi connectivity index (χ3n) is 3.92. The average Bonchev–Trinajstić information content (AvgIpc) is 3.01. The minimum Gasteiger partial charge on any atom is -0.352 e.